The summed E-state index contributed by atoms with van der Waals surface area (Å²) in [4.78, 5) is 0. The summed E-state index contributed by atoms with van der Waals surface area (Å²) in [5.41, 5.74) is 2.23. The maximum atomic E-state index is 10.8. The van der Waals surface area contributed by atoms with Gasteiger partial charge in [0.25, 0.3) is 0 Å². The van der Waals surface area contributed by atoms with E-state index in [9.17, 15) is 5.11 Å². The summed E-state index contributed by atoms with van der Waals surface area (Å²) in [6, 6.07) is 4.16. The second-order valence-electron chi connectivity index (χ2n) is 5.78. The Morgan fingerprint density at radius 2 is 1.89 bits per heavy atom. The van der Waals surface area contributed by atoms with Crippen LogP contribution >= 0.6 is 15.9 Å². The molecule has 1 saturated carbocycles. The molecule has 0 saturated heterocycles. The van der Waals surface area contributed by atoms with Crippen molar-refractivity contribution in [3.8, 4) is 5.75 Å². The van der Waals surface area contributed by atoms with Crippen LogP contribution < -0.4 is 4.74 Å². The molecule has 0 bridgehead atoms. The highest BCUT2D eigenvalue weighted by atomic mass is 79.9. The van der Waals surface area contributed by atoms with Gasteiger partial charge in [0.2, 0.25) is 0 Å². The standard InChI is InChI=1S/C16H21BrO2/c17-13-9-12-7-8-19-16(12)14(10-13)15(18)11-5-3-1-2-4-6-11/h9-11,15,18H,1-8H2. The van der Waals surface area contributed by atoms with E-state index in [2.05, 4.69) is 22.0 Å². The van der Waals surface area contributed by atoms with Crippen LogP contribution in [0.25, 0.3) is 0 Å². The van der Waals surface area contributed by atoms with Crippen molar-refractivity contribution in [2.24, 2.45) is 5.92 Å². The lowest BCUT2D eigenvalue weighted by Crippen LogP contribution is -2.13. The van der Waals surface area contributed by atoms with Crippen LogP contribution in [0.15, 0.2) is 16.6 Å². The molecule has 2 aliphatic rings. The minimum atomic E-state index is -0.373. The van der Waals surface area contributed by atoms with Crippen LogP contribution in [0.1, 0.15) is 55.8 Å². The van der Waals surface area contributed by atoms with E-state index in [-0.39, 0.29) is 6.10 Å². The molecule has 1 aliphatic carbocycles. The van der Waals surface area contributed by atoms with Crippen LogP contribution in [0.5, 0.6) is 5.75 Å². The lowest BCUT2D eigenvalue weighted by molar-refractivity contribution is 0.0959. The van der Waals surface area contributed by atoms with Crippen molar-refractivity contribution in [2.75, 3.05) is 6.61 Å². The Kier molecular flexibility index (Phi) is 4.13. The van der Waals surface area contributed by atoms with Gasteiger partial charge in [0.1, 0.15) is 5.75 Å². The van der Waals surface area contributed by atoms with Crippen LogP contribution in [-0.2, 0) is 6.42 Å². The third-order valence-electron chi connectivity index (χ3n) is 4.44. The maximum absolute atomic E-state index is 10.8. The molecule has 1 N–H and O–H groups in total. The molecule has 0 aromatic heterocycles. The number of aliphatic hydroxyl groups excluding tert-OH is 1. The second-order valence-corrected chi connectivity index (χ2v) is 6.69. The Labute approximate surface area is 123 Å². The summed E-state index contributed by atoms with van der Waals surface area (Å²) < 4.78 is 6.80. The van der Waals surface area contributed by atoms with Gasteiger partial charge in [-0.15, -0.1) is 0 Å². The summed E-state index contributed by atoms with van der Waals surface area (Å²) in [6.07, 6.45) is 8.00. The molecule has 1 aromatic carbocycles. The first-order valence-corrected chi connectivity index (χ1v) is 8.18. The average molecular weight is 325 g/mol. The smallest absolute Gasteiger partial charge is 0.128 e. The summed E-state index contributed by atoms with van der Waals surface area (Å²) in [5, 5.41) is 10.8. The Morgan fingerprint density at radius 1 is 1.16 bits per heavy atom. The van der Waals surface area contributed by atoms with Crippen molar-refractivity contribution in [1.82, 2.24) is 0 Å². The van der Waals surface area contributed by atoms with Crippen molar-refractivity contribution in [3.05, 3.63) is 27.7 Å². The van der Waals surface area contributed by atoms with Gasteiger partial charge in [0, 0.05) is 16.5 Å². The Balaban J connectivity index is 1.88. The minimum Gasteiger partial charge on any atom is -0.493 e. The van der Waals surface area contributed by atoms with E-state index in [1.54, 1.807) is 0 Å². The molecule has 2 nitrogen and oxygen atoms in total. The van der Waals surface area contributed by atoms with Crippen LogP contribution in [0.2, 0.25) is 0 Å². The fourth-order valence-electron chi connectivity index (χ4n) is 3.40. The Bertz CT molecular complexity index is 450. The monoisotopic (exact) mass is 324 g/mol. The van der Waals surface area contributed by atoms with E-state index in [4.69, 9.17) is 4.74 Å². The van der Waals surface area contributed by atoms with Gasteiger partial charge in [-0.25, -0.2) is 0 Å². The number of hydrogen-bond acceptors (Lipinski definition) is 2. The van der Waals surface area contributed by atoms with E-state index >= 15 is 0 Å². The van der Waals surface area contributed by atoms with Crippen LogP contribution in [-0.4, -0.2) is 11.7 Å². The van der Waals surface area contributed by atoms with E-state index < -0.39 is 0 Å². The highest BCUT2D eigenvalue weighted by molar-refractivity contribution is 9.10. The number of rotatable bonds is 2. The third-order valence-corrected chi connectivity index (χ3v) is 4.90. The normalized spacial score (nSPS) is 21.6. The molecule has 1 aromatic rings. The zero-order chi connectivity index (χ0) is 13.2. The lowest BCUT2D eigenvalue weighted by atomic mass is 9.88. The summed E-state index contributed by atoms with van der Waals surface area (Å²) >= 11 is 3.56. The Morgan fingerprint density at radius 3 is 2.63 bits per heavy atom. The quantitative estimate of drug-likeness (QED) is 0.817. The second kappa shape index (κ2) is 5.84. The topological polar surface area (TPSA) is 29.5 Å². The summed E-state index contributed by atoms with van der Waals surface area (Å²) in [6.45, 7) is 0.746. The van der Waals surface area contributed by atoms with E-state index in [1.165, 1.54) is 31.2 Å². The molecule has 1 heterocycles. The van der Waals surface area contributed by atoms with Crippen LogP contribution in [0, 0.1) is 5.92 Å². The maximum Gasteiger partial charge on any atom is 0.128 e. The highest BCUT2D eigenvalue weighted by Gasteiger charge is 2.28. The number of hydrogen-bond donors (Lipinski definition) is 1. The third kappa shape index (κ3) is 2.82. The van der Waals surface area contributed by atoms with Crippen molar-refractivity contribution in [3.63, 3.8) is 0 Å². The van der Waals surface area contributed by atoms with Crippen LogP contribution in [0.4, 0.5) is 0 Å². The van der Waals surface area contributed by atoms with Gasteiger partial charge in [-0.3, -0.25) is 0 Å². The van der Waals surface area contributed by atoms with Crippen molar-refractivity contribution < 1.29 is 9.84 Å². The van der Waals surface area contributed by atoms with Crippen LogP contribution in [0.3, 0.4) is 0 Å². The van der Waals surface area contributed by atoms with Crippen molar-refractivity contribution in [2.45, 2.75) is 51.0 Å². The van der Waals surface area contributed by atoms with Gasteiger partial charge < -0.3 is 9.84 Å². The number of benzene rings is 1. The minimum absolute atomic E-state index is 0.373. The van der Waals surface area contributed by atoms with E-state index in [1.807, 2.05) is 6.07 Å². The van der Waals surface area contributed by atoms with Gasteiger partial charge in [0.15, 0.2) is 0 Å². The zero-order valence-corrected chi connectivity index (χ0v) is 12.8. The average Bonchev–Trinajstić information content (AvgIpc) is 2.70. The first-order valence-electron chi connectivity index (χ1n) is 7.39. The van der Waals surface area contributed by atoms with Gasteiger partial charge in [0.05, 0.1) is 12.7 Å². The largest absolute Gasteiger partial charge is 0.493 e. The molecule has 0 amide bonds. The predicted octanol–water partition coefficient (Wildman–Crippen LogP) is 4.39. The fourth-order valence-corrected chi connectivity index (χ4v) is 3.92. The number of halogens is 1. The number of aliphatic hydroxyl groups is 1. The molecule has 0 spiro atoms. The first-order chi connectivity index (χ1) is 9.25. The molecular weight excluding hydrogens is 304 g/mol. The molecule has 104 valence electrons. The SMILES string of the molecule is OC(c1cc(Br)cc2c1OCC2)C1CCCCCC1. The molecule has 0 radical (unpaired) electrons. The number of ether oxygens (including phenoxy) is 1. The number of fused-ring (bicyclic) bond motifs is 1. The summed E-state index contributed by atoms with van der Waals surface area (Å²) in [5.74, 6) is 1.34. The Hall–Kier alpha value is -0.540. The zero-order valence-electron chi connectivity index (χ0n) is 11.2. The van der Waals surface area contributed by atoms with E-state index in [0.717, 1.165) is 41.7 Å². The fraction of sp³-hybridized carbons (Fsp3) is 0.625. The van der Waals surface area contributed by atoms with Crippen molar-refractivity contribution in [1.29, 1.82) is 0 Å². The molecule has 3 heteroatoms. The molecule has 19 heavy (non-hydrogen) atoms. The van der Waals surface area contributed by atoms with Gasteiger partial charge >= 0.3 is 0 Å². The molecular formula is C16H21BrO2. The van der Waals surface area contributed by atoms with Crippen molar-refractivity contribution >= 4 is 15.9 Å². The highest BCUT2D eigenvalue weighted by Crippen LogP contribution is 2.41. The lowest BCUT2D eigenvalue weighted by Gasteiger charge is -2.23. The molecule has 3 rings (SSSR count). The molecule has 1 unspecified atom stereocenters. The van der Waals surface area contributed by atoms with E-state index in [0.29, 0.717) is 5.92 Å². The van der Waals surface area contributed by atoms with Gasteiger partial charge in [-0.2, -0.15) is 0 Å². The van der Waals surface area contributed by atoms with Gasteiger partial charge in [-0.1, -0.05) is 41.6 Å². The first kappa shape index (κ1) is 13.4. The molecule has 1 atom stereocenters. The summed E-state index contributed by atoms with van der Waals surface area (Å²) in [7, 11) is 0. The van der Waals surface area contributed by atoms with Gasteiger partial charge in [-0.05, 0) is 36.5 Å². The predicted molar refractivity (Wildman–Crippen MR) is 79.5 cm³/mol. The molecule has 1 aliphatic heterocycles. The molecule has 1 fully saturated rings.